The Hall–Kier alpha value is -0.810. The fourth-order valence-corrected chi connectivity index (χ4v) is 1.72. The number of hydrogen-bond donors (Lipinski definition) is 2. The molecule has 1 amide bonds. The van der Waals surface area contributed by atoms with Gasteiger partial charge in [-0.2, -0.15) is 0 Å². The molecule has 0 spiro atoms. The molecule has 0 aromatic carbocycles. The lowest BCUT2D eigenvalue weighted by Gasteiger charge is -2.22. The Bertz CT molecular complexity index is 238. The normalized spacial score (nSPS) is 25.5. The summed E-state index contributed by atoms with van der Waals surface area (Å²) in [4.78, 5) is 11.4. The number of nitrogens with one attached hydrogen (secondary N) is 2. The molecule has 0 unspecified atom stereocenters. The molecule has 0 saturated carbocycles. The lowest BCUT2D eigenvalue weighted by Crippen LogP contribution is -2.38. The number of methoxy groups -OCH3 is 1. The standard InChI is InChI=1S/C11H22N2O3/c1-11(2,3)16-10(14)13-6-8-5-12-7-9(8)15-4/h8-9,12H,5-7H2,1-4H3,(H,13,14)/t8-,9+/m0/s1. The van der Waals surface area contributed by atoms with Crippen molar-refractivity contribution < 1.29 is 14.3 Å². The van der Waals surface area contributed by atoms with Crippen LogP contribution in [0.5, 0.6) is 0 Å². The van der Waals surface area contributed by atoms with Gasteiger partial charge in [0.2, 0.25) is 0 Å². The Kier molecular flexibility index (Phi) is 4.56. The topological polar surface area (TPSA) is 59.6 Å². The minimum Gasteiger partial charge on any atom is -0.444 e. The molecule has 1 aliphatic heterocycles. The maximum atomic E-state index is 11.4. The van der Waals surface area contributed by atoms with E-state index in [1.54, 1.807) is 7.11 Å². The highest BCUT2D eigenvalue weighted by Gasteiger charge is 2.27. The van der Waals surface area contributed by atoms with Crippen LogP contribution in [-0.2, 0) is 9.47 Å². The van der Waals surface area contributed by atoms with Gasteiger partial charge in [-0.05, 0) is 20.8 Å². The number of alkyl carbamates (subject to hydrolysis) is 1. The first-order valence-corrected chi connectivity index (χ1v) is 5.63. The van der Waals surface area contributed by atoms with Crippen molar-refractivity contribution in [3.63, 3.8) is 0 Å². The maximum absolute atomic E-state index is 11.4. The molecule has 0 bridgehead atoms. The van der Waals surface area contributed by atoms with Gasteiger partial charge in [-0.1, -0.05) is 0 Å². The Labute approximate surface area is 96.9 Å². The van der Waals surface area contributed by atoms with Crippen molar-refractivity contribution in [1.29, 1.82) is 0 Å². The van der Waals surface area contributed by atoms with Gasteiger partial charge in [0.15, 0.2) is 0 Å². The van der Waals surface area contributed by atoms with Gasteiger partial charge in [-0.25, -0.2) is 4.79 Å². The van der Waals surface area contributed by atoms with Crippen molar-refractivity contribution in [3.05, 3.63) is 0 Å². The van der Waals surface area contributed by atoms with Crippen LogP contribution in [0.3, 0.4) is 0 Å². The van der Waals surface area contributed by atoms with Crippen LogP contribution in [0.15, 0.2) is 0 Å². The Morgan fingerprint density at radius 1 is 1.44 bits per heavy atom. The third kappa shape index (κ3) is 4.37. The van der Waals surface area contributed by atoms with Crippen LogP contribution in [0, 0.1) is 5.92 Å². The van der Waals surface area contributed by atoms with Crippen molar-refractivity contribution in [2.24, 2.45) is 5.92 Å². The van der Waals surface area contributed by atoms with Crippen LogP contribution in [0.25, 0.3) is 0 Å². The Morgan fingerprint density at radius 2 is 2.12 bits per heavy atom. The molecule has 5 nitrogen and oxygen atoms in total. The molecular weight excluding hydrogens is 208 g/mol. The second kappa shape index (κ2) is 5.50. The zero-order chi connectivity index (χ0) is 12.2. The van der Waals surface area contributed by atoms with E-state index in [1.807, 2.05) is 20.8 Å². The molecule has 2 N–H and O–H groups in total. The summed E-state index contributed by atoms with van der Waals surface area (Å²) in [6.07, 6.45) is -0.191. The molecule has 0 aromatic rings. The number of rotatable bonds is 3. The van der Waals surface area contributed by atoms with Crippen LogP contribution in [0.4, 0.5) is 4.79 Å². The first-order valence-electron chi connectivity index (χ1n) is 5.63. The minimum absolute atomic E-state index is 0.176. The number of carbonyl (C=O) groups excluding carboxylic acids is 1. The summed E-state index contributed by atoms with van der Waals surface area (Å²) in [7, 11) is 1.69. The van der Waals surface area contributed by atoms with Gasteiger partial charge < -0.3 is 20.1 Å². The lowest BCUT2D eigenvalue weighted by molar-refractivity contribution is 0.0478. The number of amides is 1. The van der Waals surface area contributed by atoms with Crippen LogP contribution in [0.2, 0.25) is 0 Å². The summed E-state index contributed by atoms with van der Waals surface area (Å²) in [5, 5.41) is 5.99. The fourth-order valence-electron chi connectivity index (χ4n) is 1.72. The summed E-state index contributed by atoms with van der Waals surface area (Å²) in [6.45, 7) is 7.84. The van der Waals surface area contributed by atoms with Crippen LogP contribution < -0.4 is 10.6 Å². The molecule has 94 valence electrons. The quantitative estimate of drug-likeness (QED) is 0.751. The molecule has 2 atom stereocenters. The third-order valence-electron chi connectivity index (χ3n) is 2.49. The number of ether oxygens (including phenoxy) is 2. The predicted molar refractivity (Wildman–Crippen MR) is 61.4 cm³/mol. The van der Waals surface area contributed by atoms with E-state index < -0.39 is 5.60 Å². The van der Waals surface area contributed by atoms with Gasteiger partial charge in [0, 0.05) is 32.7 Å². The van der Waals surface area contributed by atoms with E-state index in [4.69, 9.17) is 9.47 Å². The largest absolute Gasteiger partial charge is 0.444 e. The van der Waals surface area contributed by atoms with E-state index >= 15 is 0 Å². The fraction of sp³-hybridized carbons (Fsp3) is 0.909. The number of carbonyl (C=O) groups is 1. The molecule has 16 heavy (non-hydrogen) atoms. The first kappa shape index (κ1) is 13.3. The van der Waals surface area contributed by atoms with Crippen molar-refractivity contribution in [1.82, 2.24) is 10.6 Å². The summed E-state index contributed by atoms with van der Waals surface area (Å²) >= 11 is 0. The molecule has 1 rings (SSSR count). The van der Waals surface area contributed by atoms with Gasteiger partial charge in [0.25, 0.3) is 0 Å². The van der Waals surface area contributed by atoms with E-state index in [9.17, 15) is 4.79 Å². The van der Waals surface area contributed by atoms with Gasteiger partial charge in [0.1, 0.15) is 5.60 Å². The monoisotopic (exact) mass is 230 g/mol. The van der Waals surface area contributed by atoms with E-state index in [0.717, 1.165) is 13.1 Å². The summed E-state index contributed by atoms with van der Waals surface area (Å²) < 4.78 is 10.5. The second-order valence-electron chi connectivity index (χ2n) is 5.08. The minimum atomic E-state index is -0.446. The van der Waals surface area contributed by atoms with E-state index in [0.29, 0.717) is 12.5 Å². The number of hydrogen-bond acceptors (Lipinski definition) is 4. The average molecular weight is 230 g/mol. The van der Waals surface area contributed by atoms with Crippen molar-refractivity contribution in [2.75, 3.05) is 26.7 Å². The predicted octanol–water partition coefficient (Wildman–Crippen LogP) is 0.745. The van der Waals surface area contributed by atoms with Gasteiger partial charge in [-0.15, -0.1) is 0 Å². The average Bonchev–Trinajstić information content (AvgIpc) is 2.59. The molecular formula is C11H22N2O3. The summed E-state index contributed by atoms with van der Waals surface area (Å²) in [6, 6.07) is 0. The van der Waals surface area contributed by atoms with Gasteiger partial charge in [0.05, 0.1) is 6.10 Å². The molecule has 5 heteroatoms. The highest BCUT2D eigenvalue weighted by Crippen LogP contribution is 2.11. The van der Waals surface area contributed by atoms with E-state index in [2.05, 4.69) is 10.6 Å². The SMILES string of the molecule is CO[C@@H]1CNC[C@H]1CNC(=O)OC(C)(C)C. The van der Waals surface area contributed by atoms with Crippen molar-refractivity contribution >= 4 is 6.09 Å². The second-order valence-corrected chi connectivity index (χ2v) is 5.08. The van der Waals surface area contributed by atoms with Crippen LogP contribution in [-0.4, -0.2) is 44.5 Å². The Balaban J connectivity index is 2.26. The highest BCUT2D eigenvalue weighted by molar-refractivity contribution is 5.67. The third-order valence-corrected chi connectivity index (χ3v) is 2.49. The van der Waals surface area contributed by atoms with Crippen molar-refractivity contribution in [2.45, 2.75) is 32.5 Å². The lowest BCUT2D eigenvalue weighted by atomic mass is 10.1. The zero-order valence-electron chi connectivity index (χ0n) is 10.5. The molecule has 1 saturated heterocycles. The summed E-state index contributed by atoms with van der Waals surface area (Å²) in [5.41, 5.74) is -0.446. The molecule has 0 radical (unpaired) electrons. The molecule has 1 aliphatic rings. The molecule has 0 aromatic heterocycles. The van der Waals surface area contributed by atoms with Crippen LogP contribution >= 0.6 is 0 Å². The maximum Gasteiger partial charge on any atom is 0.407 e. The van der Waals surface area contributed by atoms with Gasteiger partial charge in [-0.3, -0.25) is 0 Å². The van der Waals surface area contributed by atoms with Gasteiger partial charge >= 0.3 is 6.09 Å². The molecule has 1 heterocycles. The smallest absolute Gasteiger partial charge is 0.407 e. The Morgan fingerprint density at radius 3 is 2.69 bits per heavy atom. The molecule has 0 aliphatic carbocycles. The zero-order valence-corrected chi connectivity index (χ0v) is 10.5. The van der Waals surface area contributed by atoms with E-state index in [1.165, 1.54) is 0 Å². The highest BCUT2D eigenvalue weighted by atomic mass is 16.6. The van der Waals surface area contributed by atoms with Crippen LogP contribution in [0.1, 0.15) is 20.8 Å². The summed E-state index contributed by atoms with van der Waals surface area (Å²) in [5.74, 6) is 0.317. The first-order chi connectivity index (χ1) is 7.42. The van der Waals surface area contributed by atoms with E-state index in [-0.39, 0.29) is 12.2 Å². The van der Waals surface area contributed by atoms with Crippen molar-refractivity contribution in [3.8, 4) is 0 Å². The molecule has 1 fully saturated rings.